The number of carbonyl (C=O) groups excluding carboxylic acids is 2. The molecule has 2 aromatic rings. The van der Waals surface area contributed by atoms with Crippen LogP contribution in [0.1, 0.15) is 35.7 Å². The van der Waals surface area contributed by atoms with Gasteiger partial charge in [0, 0.05) is 48.6 Å². The number of nitrogens with one attached hydrogen (secondary N) is 1. The molecule has 1 saturated heterocycles. The van der Waals surface area contributed by atoms with Gasteiger partial charge in [-0.25, -0.2) is 4.79 Å². The molecule has 2 aliphatic rings. The Morgan fingerprint density at radius 1 is 1.15 bits per heavy atom. The van der Waals surface area contributed by atoms with Gasteiger partial charge in [-0.3, -0.25) is 9.69 Å². The molecule has 26 heavy (non-hydrogen) atoms. The van der Waals surface area contributed by atoms with E-state index in [2.05, 4.69) is 11.4 Å². The van der Waals surface area contributed by atoms with Crippen molar-refractivity contribution in [2.45, 2.75) is 25.8 Å². The number of para-hydroxylation sites is 1. The first-order valence-corrected chi connectivity index (χ1v) is 9.97. The molecule has 0 bridgehead atoms. The Morgan fingerprint density at radius 2 is 1.92 bits per heavy atom. The number of benzene rings is 1. The molecule has 4 rings (SSSR count). The van der Waals surface area contributed by atoms with Gasteiger partial charge in [-0.2, -0.15) is 11.3 Å². The van der Waals surface area contributed by atoms with Crippen LogP contribution in [0.25, 0.3) is 0 Å². The van der Waals surface area contributed by atoms with Crippen molar-refractivity contribution in [1.29, 1.82) is 0 Å². The summed E-state index contributed by atoms with van der Waals surface area (Å²) in [7, 11) is 0. The average molecular weight is 369 g/mol. The van der Waals surface area contributed by atoms with Gasteiger partial charge < -0.3 is 10.2 Å². The Bertz CT molecular complexity index is 812. The van der Waals surface area contributed by atoms with Gasteiger partial charge in [-0.1, -0.05) is 18.2 Å². The van der Waals surface area contributed by atoms with E-state index in [1.54, 1.807) is 11.3 Å². The van der Waals surface area contributed by atoms with Gasteiger partial charge in [0.05, 0.1) is 5.56 Å². The van der Waals surface area contributed by atoms with E-state index in [-0.39, 0.29) is 23.9 Å². The number of thiophene rings is 1. The molecule has 0 radical (unpaired) electrons. The Kier molecular flexibility index (Phi) is 4.44. The molecule has 1 atom stereocenters. The molecule has 1 fully saturated rings. The maximum absolute atomic E-state index is 12.6. The molecule has 1 aromatic heterocycles. The normalized spacial score (nSPS) is 19.4. The molecule has 0 aliphatic carbocycles. The highest BCUT2D eigenvalue weighted by molar-refractivity contribution is 7.08. The number of likely N-dealkylation sites (tertiary alicyclic amines) is 1. The van der Waals surface area contributed by atoms with E-state index in [1.165, 1.54) is 5.56 Å². The predicted octanol–water partition coefficient (Wildman–Crippen LogP) is 3.54. The lowest BCUT2D eigenvalue weighted by molar-refractivity contribution is 0.0457. The average Bonchev–Trinajstić information content (AvgIpc) is 3.21. The molecule has 1 aromatic carbocycles. The summed E-state index contributed by atoms with van der Waals surface area (Å²) in [5.74, 6) is 0.800. The summed E-state index contributed by atoms with van der Waals surface area (Å²) in [6.45, 7) is 6.14. The van der Waals surface area contributed by atoms with Gasteiger partial charge in [-0.05, 0) is 36.9 Å². The number of anilines is 1. The third-order valence-electron chi connectivity index (χ3n) is 5.20. The van der Waals surface area contributed by atoms with Crippen LogP contribution >= 0.6 is 11.3 Å². The molecule has 5 nitrogen and oxygen atoms in total. The lowest BCUT2D eigenvalue weighted by Gasteiger charge is -2.42. The third kappa shape index (κ3) is 2.98. The van der Waals surface area contributed by atoms with Crippen LogP contribution in [0.4, 0.5) is 10.5 Å². The van der Waals surface area contributed by atoms with Crippen LogP contribution in [0.2, 0.25) is 0 Å². The number of nitrogens with zero attached hydrogens (tertiary/aromatic N) is 2. The van der Waals surface area contributed by atoms with E-state index >= 15 is 0 Å². The fraction of sp³-hybridized carbons (Fsp3) is 0.400. The molecule has 6 heteroatoms. The first-order valence-electron chi connectivity index (χ1n) is 9.03. The van der Waals surface area contributed by atoms with E-state index in [0.29, 0.717) is 12.5 Å². The van der Waals surface area contributed by atoms with Gasteiger partial charge in [0.15, 0.2) is 0 Å². The minimum absolute atomic E-state index is 0.0412. The SMILES string of the molecule is CC(C)NC(=O)N1CC(C2CN(C(=O)c3ccsc3)C2)c2ccccc21. The van der Waals surface area contributed by atoms with Gasteiger partial charge in [0.1, 0.15) is 0 Å². The van der Waals surface area contributed by atoms with Crippen molar-refractivity contribution in [3.63, 3.8) is 0 Å². The van der Waals surface area contributed by atoms with Crippen molar-refractivity contribution < 1.29 is 9.59 Å². The minimum atomic E-state index is -0.0412. The largest absolute Gasteiger partial charge is 0.338 e. The van der Waals surface area contributed by atoms with E-state index in [4.69, 9.17) is 0 Å². The van der Waals surface area contributed by atoms with Crippen LogP contribution in [0, 0.1) is 5.92 Å². The fourth-order valence-corrected chi connectivity index (χ4v) is 4.49. The summed E-state index contributed by atoms with van der Waals surface area (Å²) >= 11 is 1.55. The number of amides is 3. The standard InChI is InChI=1S/C20H23N3O2S/c1-13(2)21-20(25)23-11-17(16-5-3-4-6-18(16)23)15-9-22(10-15)19(24)14-7-8-26-12-14/h3-8,12-13,15,17H,9-11H2,1-2H3,(H,21,25). The van der Waals surface area contributed by atoms with Crippen LogP contribution in [-0.2, 0) is 0 Å². The molecule has 0 saturated carbocycles. The zero-order chi connectivity index (χ0) is 18.3. The maximum atomic E-state index is 12.6. The van der Waals surface area contributed by atoms with Crippen LogP contribution in [0.5, 0.6) is 0 Å². The highest BCUT2D eigenvalue weighted by Gasteiger charge is 2.43. The third-order valence-corrected chi connectivity index (χ3v) is 5.88. The molecule has 3 amide bonds. The number of urea groups is 1. The fourth-order valence-electron chi connectivity index (χ4n) is 3.86. The molecular formula is C20H23N3O2S. The zero-order valence-electron chi connectivity index (χ0n) is 15.0. The molecular weight excluding hydrogens is 346 g/mol. The Balaban J connectivity index is 1.47. The van der Waals surface area contributed by atoms with E-state index in [0.717, 1.165) is 24.3 Å². The number of fused-ring (bicyclic) bond motifs is 1. The minimum Gasteiger partial charge on any atom is -0.338 e. The molecule has 2 aliphatic heterocycles. The number of hydrogen-bond donors (Lipinski definition) is 1. The van der Waals surface area contributed by atoms with Crippen molar-refractivity contribution in [2.75, 3.05) is 24.5 Å². The summed E-state index contributed by atoms with van der Waals surface area (Å²) in [6.07, 6.45) is 0. The summed E-state index contributed by atoms with van der Waals surface area (Å²) in [6, 6.07) is 10.1. The van der Waals surface area contributed by atoms with Crippen molar-refractivity contribution >= 4 is 29.0 Å². The van der Waals surface area contributed by atoms with Gasteiger partial charge in [0.2, 0.25) is 0 Å². The number of rotatable bonds is 3. The Hall–Kier alpha value is -2.34. The quantitative estimate of drug-likeness (QED) is 0.900. The van der Waals surface area contributed by atoms with Crippen LogP contribution in [0.3, 0.4) is 0 Å². The monoisotopic (exact) mass is 369 g/mol. The summed E-state index contributed by atoms with van der Waals surface area (Å²) in [4.78, 5) is 28.8. The predicted molar refractivity (Wildman–Crippen MR) is 104 cm³/mol. The highest BCUT2D eigenvalue weighted by Crippen LogP contribution is 2.43. The van der Waals surface area contributed by atoms with Crippen LogP contribution in [-0.4, -0.2) is 42.5 Å². The number of hydrogen-bond acceptors (Lipinski definition) is 3. The van der Waals surface area contributed by atoms with Crippen molar-refractivity contribution in [2.24, 2.45) is 5.92 Å². The lowest BCUT2D eigenvalue weighted by atomic mass is 9.82. The second kappa shape index (κ2) is 6.76. The number of carbonyl (C=O) groups is 2. The second-order valence-electron chi connectivity index (χ2n) is 7.36. The Labute approximate surface area is 157 Å². The summed E-state index contributed by atoms with van der Waals surface area (Å²) < 4.78 is 0. The second-order valence-corrected chi connectivity index (χ2v) is 8.14. The summed E-state index contributed by atoms with van der Waals surface area (Å²) in [5, 5.41) is 6.83. The molecule has 1 N–H and O–H groups in total. The molecule has 3 heterocycles. The lowest BCUT2D eigenvalue weighted by Crippen LogP contribution is -2.53. The molecule has 1 unspecified atom stereocenters. The molecule has 0 spiro atoms. The van der Waals surface area contributed by atoms with Gasteiger partial charge in [-0.15, -0.1) is 0 Å². The smallest absolute Gasteiger partial charge is 0.322 e. The van der Waals surface area contributed by atoms with E-state index < -0.39 is 0 Å². The van der Waals surface area contributed by atoms with Crippen molar-refractivity contribution in [3.05, 3.63) is 52.2 Å². The van der Waals surface area contributed by atoms with Crippen molar-refractivity contribution in [3.8, 4) is 0 Å². The zero-order valence-corrected chi connectivity index (χ0v) is 15.8. The Morgan fingerprint density at radius 3 is 2.62 bits per heavy atom. The first-order chi connectivity index (χ1) is 12.5. The van der Waals surface area contributed by atoms with E-state index in [1.807, 2.05) is 58.7 Å². The van der Waals surface area contributed by atoms with Crippen LogP contribution < -0.4 is 10.2 Å². The van der Waals surface area contributed by atoms with Gasteiger partial charge >= 0.3 is 6.03 Å². The van der Waals surface area contributed by atoms with Crippen LogP contribution in [0.15, 0.2) is 41.1 Å². The molecule has 136 valence electrons. The maximum Gasteiger partial charge on any atom is 0.322 e. The first kappa shape index (κ1) is 17.1. The van der Waals surface area contributed by atoms with Crippen molar-refractivity contribution in [1.82, 2.24) is 10.2 Å². The van der Waals surface area contributed by atoms with E-state index in [9.17, 15) is 9.59 Å². The van der Waals surface area contributed by atoms with Gasteiger partial charge in [0.25, 0.3) is 5.91 Å². The highest BCUT2D eigenvalue weighted by atomic mass is 32.1. The summed E-state index contributed by atoms with van der Waals surface area (Å²) in [5.41, 5.74) is 3.00. The topological polar surface area (TPSA) is 52.7 Å².